The second-order valence-electron chi connectivity index (χ2n) is 8.69. The zero-order valence-corrected chi connectivity index (χ0v) is 17.4. The quantitative estimate of drug-likeness (QED) is 0.840. The molecule has 3 aliphatic rings. The van der Waals surface area contributed by atoms with Gasteiger partial charge in [0.25, 0.3) is 0 Å². The van der Waals surface area contributed by atoms with Crippen LogP contribution in [0.5, 0.6) is 0 Å². The number of amides is 1. The smallest absolute Gasteiger partial charge is 0.223 e. The number of thiophene rings is 1. The molecule has 2 fully saturated rings. The summed E-state index contributed by atoms with van der Waals surface area (Å²) in [5, 5.41) is 4.63. The number of carbonyl (C=O) groups excluding carboxylic acids is 1. The van der Waals surface area contributed by atoms with Gasteiger partial charge in [0, 0.05) is 29.9 Å². The summed E-state index contributed by atoms with van der Waals surface area (Å²) in [4.78, 5) is 27.0. The number of aromatic nitrogens is 2. The van der Waals surface area contributed by atoms with Crippen LogP contribution in [0.2, 0.25) is 0 Å². The van der Waals surface area contributed by atoms with Crippen LogP contribution in [0.4, 0.5) is 5.82 Å². The molecule has 1 aliphatic heterocycles. The van der Waals surface area contributed by atoms with E-state index in [0.717, 1.165) is 55.8 Å². The molecular weight excluding hydrogens is 368 g/mol. The first-order valence-corrected chi connectivity index (χ1v) is 11.9. The Balaban J connectivity index is 1.28. The molecule has 5 rings (SSSR count). The number of anilines is 1. The monoisotopic (exact) mass is 398 g/mol. The van der Waals surface area contributed by atoms with Crippen molar-refractivity contribution in [3.63, 3.8) is 0 Å². The van der Waals surface area contributed by atoms with Gasteiger partial charge in [-0.25, -0.2) is 9.97 Å². The number of carbonyl (C=O) groups is 1. The fraction of sp³-hybridized carbons (Fsp3) is 0.682. The first-order valence-electron chi connectivity index (χ1n) is 11.1. The lowest BCUT2D eigenvalue weighted by atomic mass is 9.92. The Morgan fingerprint density at radius 1 is 1.00 bits per heavy atom. The van der Waals surface area contributed by atoms with Gasteiger partial charge in [0.2, 0.25) is 5.91 Å². The van der Waals surface area contributed by atoms with Crippen LogP contribution >= 0.6 is 11.3 Å². The third kappa shape index (κ3) is 3.51. The number of fused-ring (bicyclic) bond motifs is 3. The number of aryl methyl sites for hydroxylation is 2. The zero-order valence-electron chi connectivity index (χ0n) is 16.6. The Bertz CT molecular complexity index is 850. The maximum Gasteiger partial charge on any atom is 0.223 e. The van der Waals surface area contributed by atoms with Gasteiger partial charge in [-0.2, -0.15) is 0 Å². The van der Waals surface area contributed by atoms with Gasteiger partial charge in [-0.05, 0) is 56.9 Å². The van der Waals surface area contributed by atoms with Crippen molar-refractivity contribution >= 4 is 33.3 Å². The molecule has 0 aromatic carbocycles. The molecule has 1 amide bonds. The van der Waals surface area contributed by atoms with Crippen LogP contribution in [0.3, 0.4) is 0 Å². The van der Waals surface area contributed by atoms with Crippen molar-refractivity contribution in [3.8, 4) is 0 Å². The van der Waals surface area contributed by atoms with Crippen LogP contribution in [-0.4, -0.2) is 35.0 Å². The molecule has 28 heavy (non-hydrogen) atoms. The Labute approximate surface area is 170 Å². The van der Waals surface area contributed by atoms with Gasteiger partial charge >= 0.3 is 0 Å². The van der Waals surface area contributed by atoms with Crippen LogP contribution in [0, 0.1) is 5.92 Å². The molecule has 2 aromatic heterocycles. The first-order chi connectivity index (χ1) is 13.8. The van der Waals surface area contributed by atoms with Gasteiger partial charge in [-0.15, -0.1) is 11.3 Å². The van der Waals surface area contributed by atoms with Gasteiger partial charge < -0.3 is 10.2 Å². The highest BCUT2D eigenvalue weighted by Crippen LogP contribution is 2.40. The number of rotatable bonds is 3. The lowest BCUT2D eigenvalue weighted by molar-refractivity contribution is -0.126. The molecule has 3 heterocycles. The summed E-state index contributed by atoms with van der Waals surface area (Å²) >= 11 is 1.86. The van der Waals surface area contributed by atoms with Crippen LogP contribution in [0.25, 0.3) is 10.2 Å². The van der Waals surface area contributed by atoms with Gasteiger partial charge in [0.15, 0.2) is 0 Å². The van der Waals surface area contributed by atoms with E-state index in [1.165, 1.54) is 54.4 Å². The number of hydrogen-bond acceptors (Lipinski definition) is 5. The summed E-state index contributed by atoms with van der Waals surface area (Å²) in [6.45, 7) is 1.83. The number of piperidine rings is 1. The minimum Gasteiger partial charge on any atom is -0.356 e. The van der Waals surface area contributed by atoms with Crippen molar-refractivity contribution in [2.45, 2.75) is 76.7 Å². The molecule has 0 radical (unpaired) electrons. The maximum atomic E-state index is 12.7. The van der Waals surface area contributed by atoms with Crippen molar-refractivity contribution in [1.82, 2.24) is 15.3 Å². The summed E-state index contributed by atoms with van der Waals surface area (Å²) in [7, 11) is 0. The number of nitrogens with one attached hydrogen (secondary N) is 1. The molecule has 2 aliphatic carbocycles. The minimum atomic E-state index is 0.159. The average Bonchev–Trinajstić information content (AvgIpc) is 3.13. The SMILES string of the molecule is O=C(NC1CCCCC1)C1CCN(c2ncnc3sc4c(c23)CCCC4)CC1. The second kappa shape index (κ2) is 7.97. The molecule has 5 nitrogen and oxygen atoms in total. The van der Waals surface area contributed by atoms with E-state index < -0.39 is 0 Å². The summed E-state index contributed by atoms with van der Waals surface area (Å²) in [6.07, 6.45) is 14.7. The maximum absolute atomic E-state index is 12.7. The highest BCUT2D eigenvalue weighted by atomic mass is 32.1. The molecule has 0 bridgehead atoms. The van der Waals surface area contributed by atoms with Crippen molar-refractivity contribution in [2.75, 3.05) is 18.0 Å². The van der Waals surface area contributed by atoms with Crippen LogP contribution in [0.15, 0.2) is 6.33 Å². The number of hydrogen-bond donors (Lipinski definition) is 1. The molecule has 1 saturated heterocycles. The van der Waals surface area contributed by atoms with E-state index >= 15 is 0 Å². The zero-order chi connectivity index (χ0) is 18.9. The van der Waals surface area contributed by atoms with Crippen LogP contribution < -0.4 is 10.2 Å². The fourth-order valence-corrected chi connectivity index (χ4v) is 6.46. The lowest BCUT2D eigenvalue weighted by Gasteiger charge is -2.34. The molecule has 6 heteroatoms. The standard InChI is InChI=1S/C22H30N4OS/c27-21(25-16-6-2-1-3-7-16)15-10-12-26(13-11-15)20-19-17-8-4-5-9-18(17)28-22(19)24-14-23-20/h14-16H,1-13H2,(H,25,27). The van der Waals surface area contributed by atoms with E-state index in [4.69, 9.17) is 4.98 Å². The van der Waals surface area contributed by atoms with Crippen LogP contribution in [-0.2, 0) is 17.6 Å². The predicted molar refractivity (Wildman–Crippen MR) is 114 cm³/mol. The molecule has 150 valence electrons. The Kier molecular flexibility index (Phi) is 5.22. The molecule has 0 atom stereocenters. The van der Waals surface area contributed by atoms with Crippen molar-refractivity contribution < 1.29 is 4.79 Å². The second-order valence-corrected chi connectivity index (χ2v) is 9.78. The Morgan fingerprint density at radius 3 is 2.61 bits per heavy atom. The van der Waals surface area contributed by atoms with Crippen molar-refractivity contribution in [1.29, 1.82) is 0 Å². The van der Waals surface area contributed by atoms with E-state index in [-0.39, 0.29) is 11.8 Å². The summed E-state index contributed by atoms with van der Waals surface area (Å²) in [5.74, 6) is 1.55. The molecule has 1 N–H and O–H groups in total. The minimum absolute atomic E-state index is 0.159. The van der Waals surface area contributed by atoms with E-state index in [1.807, 2.05) is 11.3 Å². The fourth-order valence-electron chi connectivity index (χ4n) is 5.23. The van der Waals surface area contributed by atoms with Gasteiger partial charge in [-0.3, -0.25) is 4.79 Å². The lowest BCUT2D eigenvalue weighted by Crippen LogP contribution is -2.44. The Morgan fingerprint density at radius 2 is 1.79 bits per heavy atom. The highest BCUT2D eigenvalue weighted by Gasteiger charge is 2.29. The normalized spacial score (nSPS) is 21.6. The molecule has 0 spiro atoms. The average molecular weight is 399 g/mol. The topological polar surface area (TPSA) is 58.1 Å². The molecular formula is C22H30N4OS. The third-order valence-electron chi connectivity index (χ3n) is 6.85. The molecule has 2 aromatic rings. The molecule has 0 unspecified atom stereocenters. The van der Waals surface area contributed by atoms with Gasteiger partial charge in [-0.1, -0.05) is 19.3 Å². The number of nitrogens with zero attached hydrogens (tertiary/aromatic N) is 3. The third-order valence-corrected chi connectivity index (χ3v) is 8.05. The van der Waals surface area contributed by atoms with E-state index in [9.17, 15) is 4.79 Å². The Hall–Kier alpha value is -1.69. The van der Waals surface area contributed by atoms with E-state index in [2.05, 4.69) is 15.2 Å². The highest BCUT2D eigenvalue weighted by molar-refractivity contribution is 7.19. The summed E-state index contributed by atoms with van der Waals surface area (Å²) in [6, 6.07) is 0.415. The largest absolute Gasteiger partial charge is 0.356 e. The summed E-state index contributed by atoms with van der Waals surface area (Å²) < 4.78 is 0. The molecule has 1 saturated carbocycles. The van der Waals surface area contributed by atoms with E-state index in [0.29, 0.717) is 6.04 Å². The predicted octanol–water partition coefficient (Wildman–Crippen LogP) is 4.24. The van der Waals surface area contributed by atoms with Gasteiger partial charge in [0.05, 0.1) is 5.39 Å². The summed E-state index contributed by atoms with van der Waals surface area (Å²) in [5.41, 5.74) is 1.50. The van der Waals surface area contributed by atoms with Crippen molar-refractivity contribution in [3.05, 3.63) is 16.8 Å². The van der Waals surface area contributed by atoms with Crippen LogP contribution in [0.1, 0.15) is 68.2 Å². The first kappa shape index (κ1) is 18.3. The van der Waals surface area contributed by atoms with E-state index in [1.54, 1.807) is 6.33 Å². The van der Waals surface area contributed by atoms with Crippen molar-refractivity contribution in [2.24, 2.45) is 5.92 Å². The van der Waals surface area contributed by atoms with Gasteiger partial charge in [0.1, 0.15) is 17.0 Å².